The van der Waals surface area contributed by atoms with Crippen LogP contribution in [0.5, 0.6) is 0 Å². The molecule has 3 aromatic rings. The lowest BCUT2D eigenvalue weighted by Gasteiger charge is -2.43. The molecule has 0 bridgehead atoms. The van der Waals surface area contributed by atoms with Crippen LogP contribution in [0.1, 0.15) is 54.0 Å². The van der Waals surface area contributed by atoms with Gasteiger partial charge in [-0.3, -0.25) is 19.3 Å². The van der Waals surface area contributed by atoms with Crippen molar-refractivity contribution in [2.45, 2.75) is 57.9 Å². The molecule has 2 aliphatic rings. The van der Waals surface area contributed by atoms with E-state index in [2.05, 4.69) is 15.4 Å². The molecule has 5 amide bonds. The van der Waals surface area contributed by atoms with Crippen LogP contribution in [0.15, 0.2) is 36.5 Å². The number of pyridine rings is 1. The predicted octanol–water partition coefficient (Wildman–Crippen LogP) is 3.41. The van der Waals surface area contributed by atoms with Gasteiger partial charge in [0, 0.05) is 32.9 Å². The fourth-order valence-corrected chi connectivity index (χ4v) is 5.80. The SMILES string of the molecule is Cc1nc2cc(CN3C(=O)N(C)C(=O)C34CCN(C(=O)[C@H](NC(=O)c3cc(C(F)(F)F)ccc3F)C(C)C)CC4)ccn2n1. The highest BCUT2D eigenvalue weighted by Crippen LogP contribution is 2.38. The number of imide groups is 1. The number of urea groups is 1. The van der Waals surface area contributed by atoms with Gasteiger partial charge in [-0.2, -0.15) is 18.3 Å². The highest BCUT2D eigenvalue weighted by molar-refractivity contribution is 6.07. The van der Waals surface area contributed by atoms with Gasteiger partial charge in [-0.05, 0) is 61.6 Å². The van der Waals surface area contributed by atoms with E-state index in [0.717, 1.165) is 10.5 Å². The van der Waals surface area contributed by atoms with Crippen molar-refractivity contribution in [2.75, 3.05) is 20.1 Å². The Labute approximate surface area is 249 Å². The maximum absolute atomic E-state index is 14.4. The van der Waals surface area contributed by atoms with Gasteiger partial charge in [0.1, 0.15) is 23.2 Å². The molecule has 0 aliphatic carbocycles. The molecular weight excluding hydrogens is 586 g/mol. The van der Waals surface area contributed by atoms with Crippen molar-refractivity contribution in [1.82, 2.24) is 34.6 Å². The van der Waals surface area contributed by atoms with Crippen LogP contribution in [0, 0.1) is 18.7 Å². The molecule has 5 rings (SSSR count). The number of benzene rings is 1. The molecule has 15 heteroatoms. The Morgan fingerprint density at radius 1 is 1.09 bits per heavy atom. The lowest BCUT2D eigenvalue weighted by Crippen LogP contribution is -2.60. The molecule has 11 nitrogen and oxygen atoms in total. The molecule has 2 saturated heterocycles. The number of halogens is 4. The van der Waals surface area contributed by atoms with E-state index in [1.807, 2.05) is 0 Å². The highest BCUT2D eigenvalue weighted by Gasteiger charge is 2.57. The van der Waals surface area contributed by atoms with Gasteiger partial charge < -0.3 is 15.1 Å². The number of likely N-dealkylation sites (tertiary alicyclic amines) is 1. The fraction of sp³-hybridized carbons (Fsp3) is 0.448. The molecule has 0 saturated carbocycles. The monoisotopic (exact) mass is 617 g/mol. The molecule has 234 valence electrons. The maximum Gasteiger partial charge on any atom is 0.416 e. The predicted molar refractivity (Wildman–Crippen MR) is 147 cm³/mol. The first-order chi connectivity index (χ1) is 20.6. The molecule has 2 aromatic heterocycles. The third kappa shape index (κ3) is 5.46. The summed E-state index contributed by atoms with van der Waals surface area (Å²) in [4.78, 5) is 61.4. The Morgan fingerprint density at radius 3 is 2.41 bits per heavy atom. The van der Waals surface area contributed by atoms with Crippen LogP contribution in [0.2, 0.25) is 0 Å². The van der Waals surface area contributed by atoms with Crippen LogP contribution in [-0.4, -0.2) is 84.8 Å². The van der Waals surface area contributed by atoms with Crippen molar-refractivity contribution in [1.29, 1.82) is 0 Å². The Kier molecular flexibility index (Phi) is 7.84. The van der Waals surface area contributed by atoms with Crippen molar-refractivity contribution >= 4 is 29.4 Å². The number of aryl methyl sites for hydroxylation is 1. The van der Waals surface area contributed by atoms with Crippen molar-refractivity contribution in [3.8, 4) is 0 Å². The number of piperidine rings is 1. The summed E-state index contributed by atoms with van der Waals surface area (Å²) in [6.07, 6.45) is -2.82. The van der Waals surface area contributed by atoms with Gasteiger partial charge in [-0.15, -0.1) is 0 Å². The number of likely N-dealkylation sites (N-methyl/N-ethyl adjacent to an activating group) is 1. The van der Waals surface area contributed by atoms with E-state index in [-0.39, 0.29) is 38.4 Å². The summed E-state index contributed by atoms with van der Waals surface area (Å²) in [5.74, 6) is -3.14. The van der Waals surface area contributed by atoms with Crippen LogP contribution < -0.4 is 5.32 Å². The molecule has 4 heterocycles. The second-order valence-corrected chi connectivity index (χ2v) is 11.5. The summed E-state index contributed by atoms with van der Waals surface area (Å²) in [6, 6.07) is 3.42. The molecule has 1 N–H and O–H groups in total. The zero-order valence-electron chi connectivity index (χ0n) is 24.5. The van der Waals surface area contributed by atoms with E-state index >= 15 is 0 Å². The molecule has 1 spiro atoms. The van der Waals surface area contributed by atoms with Crippen LogP contribution in [0.25, 0.3) is 5.65 Å². The van der Waals surface area contributed by atoms with Gasteiger partial charge in [-0.25, -0.2) is 18.7 Å². The number of carbonyl (C=O) groups is 4. The minimum atomic E-state index is -4.79. The molecule has 2 fully saturated rings. The minimum Gasteiger partial charge on any atom is -0.341 e. The molecule has 44 heavy (non-hydrogen) atoms. The van der Waals surface area contributed by atoms with Crippen LogP contribution in [0.3, 0.4) is 0 Å². The fourth-order valence-electron chi connectivity index (χ4n) is 5.80. The first-order valence-electron chi connectivity index (χ1n) is 14.0. The highest BCUT2D eigenvalue weighted by atomic mass is 19.4. The first-order valence-corrected chi connectivity index (χ1v) is 14.0. The number of nitrogens with zero attached hydrogens (tertiary/aromatic N) is 6. The Balaban J connectivity index is 1.32. The molecule has 2 aliphatic heterocycles. The van der Waals surface area contributed by atoms with Crippen molar-refractivity contribution in [3.63, 3.8) is 0 Å². The van der Waals surface area contributed by atoms with Gasteiger partial charge >= 0.3 is 12.2 Å². The number of hydrogen-bond donors (Lipinski definition) is 1. The van der Waals surface area contributed by atoms with E-state index in [1.165, 1.54) is 16.8 Å². The summed E-state index contributed by atoms with van der Waals surface area (Å²) in [5, 5.41) is 6.65. The van der Waals surface area contributed by atoms with E-state index in [1.54, 1.807) is 43.6 Å². The normalized spacial score (nSPS) is 17.7. The number of aromatic nitrogens is 3. The molecule has 0 unspecified atom stereocenters. The van der Waals surface area contributed by atoms with Crippen LogP contribution in [-0.2, 0) is 22.3 Å². The summed E-state index contributed by atoms with van der Waals surface area (Å²) in [6.45, 7) is 5.30. The average Bonchev–Trinajstić information content (AvgIpc) is 3.42. The van der Waals surface area contributed by atoms with Crippen LogP contribution >= 0.6 is 0 Å². The van der Waals surface area contributed by atoms with E-state index in [4.69, 9.17) is 0 Å². The average molecular weight is 618 g/mol. The van der Waals surface area contributed by atoms with E-state index in [0.29, 0.717) is 29.7 Å². The zero-order chi connectivity index (χ0) is 32.1. The smallest absolute Gasteiger partial charge is 0.341 e. The first kappa shape index (κ1) is 30.9. The quantitative estimate of drug-likeness (QED) is 0.335. The van der Waals surface area contributed by atoms with Gasteiger partial charge in [0.15, 0.2) is 5.65 Å². The second kappa shape index (κ2) is 11.2. The van der Waals surface area contributed by atoms with E-state index in [9.17, 15) is 36.7 Å². The largest absolute Gasteiger partial charge is 0.416 e. The van der Waals surface area contributed by atoms with Gasteiger partial charge in [0.05, 0.1) is 11.1 Å². The van der Waals surface area contributed by atoms with Gasteiger partial charge in [0.2, 0.25) is 5.91 Å². The third-order valence-electron chi connectivity index (χ3n) is 8.25. The van der Waals surface area contributed by atoms with Crippen LogP contribution in [0.4, 0.5) is 22.4 Å². The maximum atomic E-state index is 14.4. The lowest BCUT2D eigenvalue weighted by molar-refractivity contribution is -0.142. The number of nitrogens with one attached hydrogen (secondary N) is 1. The van der Waals surface area contributed by atoms with Crippen molar-refractivity contribution in [3.05, 3.63) is 64.9 Å². The number of rotatable bonds is 6. The lowest BCUT2D eigenvalue weighted by atomic mass is 9.85. The minimum absolute atomic E-state index is 0.0710. The Bertz CT molecular complexity index is 1650. The number of fused-ring (bicyclic) bond motifs is 1. The molecule has 1 atom stereocenters. The Hall–Kier alpha value is -4.56. The van der Waals surface area contributed by atoms with Crippen molar-refractivity contribution < 1.29 is 36.7 Å². The number of amides is 5. The summed E-state index contributed by atoms with van der Waals surface area (Å²) in [5.41, 5.74) is -1.89. The molecule has 0 radical (unpaired) electrons. The zero-order valence-corrected chi connectivity index (χ0v) is 24.5. The molecular formula is C29H31F4N7O4. The van der Waals surface area contributed by atoms with Crippen molar-refractivity contribution in [2.24, 2.45) is 5.92 Å². The summed E-state index contributed by atoms with van der Waals surface area (Å²) in [7, 11) is 1.41. The van der Waals surface area contributed by atoms with Gasteiger partial charge in [-0.1, -0.05) is 13.8 Å². The Morgan fingerprint density at radius 2 is 1.77 bits per heavy atom. The summed E-state index contributed by atoms with van der Waals surface area (Å²) >= 11 is 0. The van der Waals surface area contributed by atoms with E-state index < -0.39 is 58.5 Å². The molecule has 1 aromatic carbocycles. The topological polar surface area (TPSA) is 120 Å². The standard InChI is InChI=1S/C29H31F4N7O4/c1-16(2)23(35-24(41)20-14-19(29(31,32)33)5-6-21(20)30)25(42)38-11-8-28(9-12-38)26(43)37(4)27(44)39(28)15-18-7-10-40-22(13-18)34-17(3)36-40/h5-7,10,13-14,16,23H,8-9,11-12,15H2,1-4H3,(H,35,41)/t23-/m1/s1. The third-order valence-corrected chi connectivity index (χ3v) is 8.25. The number of alkyl halides is 3. The van der Waals surface area contributed by atoms with Gasteiger partial charge in [0.25, 0.3) is 11.8 Å². The number of carbonyl (C=O) groups excluding carboxylic acids is 4. The number of hydrogen-bond acceptors (Lipinski definition) is 6. The summed E-state index contributed by atoms with van der Waals surface area (Å²) < 4.78 is 55.5. The second-order valence-electron chi connectivity index (χ2n) is 11.5.